The van der Waals surface area contributed by atoms with Gasteiger partial charge in [-0.3, -0.25) is 9.55 Å². The number of pyridine rings is 1. The van der Waals surface area contributed by atoms with Gasteiger partial charge in [-0.05, 0) is 44.4 Å². The first kappa shape index (κ1) is 25.8. The lowest BCUT2D eigenvalue weighted by atomic mass is 10.2. The van der Waals surface area contributed by atoms with Crippen LogP contribution in [0.3, 0.4) is 0 Å². The summed E-state index contributed by atoms with van der Waals surface area (Å²) in [5, 5.41) is 0. The first-order valence-corrected chi connectivity index (χ1v) is 16.3. The second kappa shape index (κ2) is 11.2. The number of fused-ring (bicyclic) bond motifs is 1. The van der Waals surface area contributed by atoms with Crippen molar-refractivity contribution in [1.29, 1.82) is 0 Å². The molecule has 4 rings (SSSR count). The molecule has 0 bridgehead atoms. The van der Waals surface area contributed by atoms with Crippen LogP contribution in [0.1, 0.15) is 36.8 Å². The van der Waals surface area contributed by atoms with Crippen LogP contribution in [0.2, 0.25) is 25.7 Å². The van der Waals surface area contributed by atoms with Crippen molar-refractivity contribution in [2.24, 2.45) is 0 Å². The average Bonchev–Trinajstić information content (AvgIpc) is 3.00. The van der Waals surface area contributed by atoms with Crippen LogP contribution in [0.4, 0.5) is 5.82 Å². The average molecular weight is 508 g/mol. The number of nitrogens with zero attached hydrogens (tertiary/aromatic N) is 6. The Hall–Kier alpha value is -3.24. The maximum Gasteiger partial charge on any atom is 0.299 e. The number of aromatic nitrogens is 5. The fourth-order valence-electron chi connectivity index (χ4n) is 3.86. The molecule has 10 heteroatoms. The first-order valence-electron chi connectivity index (χ1n) is 12.5. The van der Waals surface area contributed by atoms with E-state index in [1.54, 1.807) is 0 Å². The number of allylic oxidation sites excluding steroid dienone is 2. The van der Waals surface area contributed by atoms with E-state index >= 15 is 0 Å². The van der Waals surface area contributed by atoms with Gasteiger partial charge in [-0.15, -0.1) is 0 Å². The normalized spacial score (nSPS) is 14.2. The topological polar surface area (TPSA) is 104 Å². The molecule has 0 saturated carbocycles. The first-order chi connectivity index (χ1) is 17.2. The van der Waals surface area contributed by atoms with Crippen LogP contribution >= 0.6 is 0 Å². The van der Waals surface area contributed by atoms with Gasteiger partial charge in [0, 0.05) is 32.8 Å². The van der Waals surface area contributed by atoms with Crippen molar-refractivity contribution < 1.29 is 9.47 Å². The summed E-state index contributed by atoms with van der Waals surface area (Å²) >= 11 is 0. The predicted molar refractivity (Wildman–Crippen MR) is 146 cm³/mol. The van der Waals surface area contributed by atoms with Gasteiger partial charge in [0.15, 0.2) is 22.8 Å². The number of rotatable bonds is 10. The summed E-state index contributed by atoms with van der Waals surface area (Å²) in [7, 11) is -1.16. The van der Waals surface area contributed by atoms with E-state index in [9.17, 15) is 0 Å². The van der Waals surface area contributed by atoms with Crippen molar-refractivity contribution >= 4 is 30.8 Å². The Morgan fingerprint density at radius 2 is 1.94 bits per heavy atom. The molecule has 0 atom stereocenters. The molecular formula is C26H37N7O2Si. The van der Waals surface area contributed by atoms with Crippen molar-refractivity contribution in [2.45, 2.75) is 58.9 Å². The molecule has 192 valence electrons. The predicted octanol–water partition coefficient (Wildman–Crippen LogP) is 4.82. The lowest BCUT2D eigenvalue weighted by molar-refractivity contribution is 0.0888. The van der Waals surface area contributed by atoms with Crippen molar-refractivity contribution in [3.8, 4) is 6.01 Å². The molecule has 2 N–H and O–H groups in total. The summed E-state index contributed by atoms with van der Waals surface area (Å²) in [6.45, 7) is 13.1. The van der Waals surface area contributed by atoms with E-state index in [4.69, 9.17) is 20.2 Å². The smallest absolute Gasteiger partial charge is 0.299 e. The highest BCUT2D eigenvalue weighted by atomic mass is 28.3. The molecule has 0 unspecified atom stereocenters. The molecule has 4 heterocycles. The van der Waals surface area contributed by atoms with Crippen LogP contribution in [0.25, 0.3) is 16.9 Å². The number of nitrogen functional groups attached to an aromatic ring is 1. The van der Waals surface area contributed by atoms with Crippen LogP contribution in [-0.2, 0) is 11.3 Å². The lowest BCUT2D eigenvalue weighted by Crippen LogP contribution is -2.25. The largest absolute Gasteiger partial charge is 0.465 e. The molecule has 3 aromatic rings. The number of nitrogens with two attached hydrogens (primary N) is 1. The Labute approximate surface area is 214 Å². The van der Waals surface area contributed by atoms with Crippen LogP contribution in [0, 0.1) is 6.92 Å². The summed E-state index contributed by atoms with van der Waals surface area (Å²) in [5.41, 5.74) is 10.5. The van der Waals surface area contributed by atoms with Crippen molar-refractivity contribution in [2.75, 3.05) is 25.7 Å². The van der Waals surface area contributed by atoms with Crippen LogP contribution in [0.5, 0.6) is 6.01 Å². The van der Waals surface area contributed by atoms with Crippen molar-refractivity contribution in [3.63, 3.8) is 0 Å². The molecule has 0 amide bonds. The van der Waals surface area contributed by atoms with E-state index in [0.29, 0.717) is 48.7 Å². The zero-order valence-corrected chi connectivity index (χ0v) is 23.0. The van der Waals surface area contributed by atoms with Gasteiger partial charge in [0.05, 0.1) is 18.8 Å². The fraction of sp³-hybridized carbons (Fsp3) is 0.462. The van der Waals surface area contributed by atoms with Gasteiger partial charge in [0.1, 0.15) is 6.73 Å². The van der Waals surface area contributed by atoms with Gasteiger partial charge >= 0.3 is 0 Å². The SMILES string of the molecule is CCOc1nc2c(N)nc(C3=CCCC=CN3COCC[Si](C)(C)C)nc2n1Cc1ccc(C)nc1. The molecule has 36 heavy (non-hydrogen) atoms. The van der Waals surface area contributed by atoms with Crippen molar-refractivity contribution in [3.05, 3.63) is 53.8 Å². The van der Waals surface area contributed by atoms with Crippen LogP contribution in [-0.4, -0.2) is 57.4 Å². The Balaban J connectivity index is 1.69. The zero-order valence-electron chi connectivity index (χ0n) is 22.0. The highest BCUT2D eigenvalue weighted by molar-refractivity contribution is 6.76. The Morgan fingerprint density at radius 1 is 1.11 bits per heavy atom. The number of anilines is 1. The summed E-state index contributed by atoms with van der Waals surface area (Å²) in [5.74, 6) is 0.872. The minimum absolute atomic E-state index is 0.325. The van der Waals surface area contributed by atoms with E-state index in [0.717, 1.165) is 42.4 Å². The molecule has 0 aromatic carbocycles. The summed E-state index contributed by atoms with van der Waals surface area (Å²) < 4.78 is 13.8. The number of aryl methyl sites for hydroxylation is 1. The quantitative estimate of drug-likeness (QED) is 0.308. The molecule has 1 aliphatic heterocycles. The Kier molecular flexibility index (Phi) is 8.05. The van der Waals surface area contributed by atoms with Gasteiger partial charge < -0.3 is 20.1 Å². The molecule has 9 nitrogen and oxygen atoms in total. The molecule has 0 spiro atoms. The minimum Gasteiger partial charge on any atom is -0.465 e. The van der Waals surface area contributed by atoms with Crippen LogP contribution < -0.4 is 10.5 Å². The minimum atomic E-state index is -1.16. The monoisotopic (exact) mass is 507 g/mol. The van der Waals surface area contributed by atoms with E-state index in [1.807, 2.05) is 36.7 Å². The number of hydrogen-bond acceptors (Lipinski definition) is 8. The van der Waals surface area contributed by atoms with Gasteiger partial charge in [-0.1, -0.05) is 37.9 Å². The molecule has 0 aliphatic carbocycles. The Morgan fingerprint density at radius 3 is 2.67 bits per heavy atom. The second-order valence-corrected chi connectivity index (χ2v) is 15.8. The van der Waals surface area contributed by atoms with Crippen LogP contribution in [0.15, 0.2) is 36.7 Å². The standard InChI is InChI=1S/C26H37N7O2Si/c1-6-35-26-29-22-23(27)30-24(31-25(22)33(26)17-20-12-11-19(2)28-16-20)21-10-8-7-9-13-32(21)18-34-14-15-36(3,4)5/h9-13,16H,6-8,14-15,17-18H2,1-5H3,(H2,27,30,31). The van der Waals surface area contributed by atoms with E-state index in [1.165, 1.54) is 0 Å². The summed E-state index contributed by atoms with van der Waals surface area (Å²) in [4.78, 5) is 20.7. The van der Waals surface area contributed by atoms with E-state index < -0.39 is 8.07 Å². The number of hydrogen-bond donors (Lipinski definition) is 1. The third-order valence-electron chi connectivity index (χ3n) is 5.90. The highest BCUT2D eigenvalue weighted by Crippen LogP contribution is 2.29. The lowest BCUT2D eigenvalue weighted by Gasteiger charge is -2.23. The van der Waals surface area contributed by atoms with E-state index in [-0.39, 0.29) is 0 Å². The molecule has 0 radical (unpaired) electrons. The number of ether oxygens (including phenoxy) is 2. The maximum absolute atomic E-state index is 6.42. The molecule has 0 saturated heterocycles. The molecular weight excluding hydrogens is 470 g/mol. The molecule has 0 fully saturated rings. The molecule has 3 aromatic heterocycles. The second-order valence-electron chi connectivity index (χ2n) is 10.2. The summed E-state index contributed by atoms with van der Waals surface area (Å²) in [6.07, 6.45) is 10.0. The van der Waals surface area contributed by atoms with Gasteiger partial charge in [-0.25, -0.2) is 9.97 Å². The van der Waals surface area contributed by atoms with Gasteiger partial charge in [0.25, 0.3) is 6.01 Å². The third kappa shape index (κ3) is 6.30. The maximum atomic E-state index is 6.42. The summed E-state index contributed by atoms with van der Waals surface area (Å²) in [6, 6.07) is 5.62. The molecule has 1 aliphatic rings. The van der Waals surface area contributed by atoms with Gasteiger partial charge in [0.2, 0.25) is 0 Å². The van der Waals surface area contributed by atoms with Gasteiger partial charge in [-0.2, -0.15) is 4.98 Å². The van der Waals surface area contributed by atoms with Crippen molar-refractivity contribution in [1.82, 2.24) is 29.4 Å². The fourth-order valence-corrected chi connectivity index (χ4v) is 4.62. The highest BCUT2D eigenvalue weighted by Gasteiger charge is 2.22. The number of imidazole rings is 1. The Bertz CT molecular complexity index is 1250. The third-order valence-corrected chi connectivity index (χ3v) is 7.60. The zero-order chi connectivity index (χ0) is 25.7. The van der Waals surface area contributed by atoms with E-state index in [2.05, 4.69) is 57.8 Å².